The fourth-order valence-corrected chi connectivity index (χ4v) is 3.25. The Balaban J connectivity index is 1.63. The van der Waals surface area contributed by atoms with Gasteiger partial charge in [0.25, 0.3) is 0 Å². The van der Waals surface area contributed by atoms with E-state index in [0.717, 1.165) is 51.7 Å². The summed E-state index contributed by atoms with van der Waals surface area (Å²) in [5, 5.41) is 9.98. The van der Waals surface area contributed by atoms with Crippen molar-refractivity contribution in [2.75, 3.05) is 19.8 Å². The number of hydrogen-bond acceptors (Lipinski definition) is 4. The van der Waals surface area contributed by atoms with Crippen LogP contribution in [-0.2, 0) is 14.3 Å². The third-order valence-corrected chi connectivity index (χ3v) is 4.66. The van der Waals surface area contributed by atoms with Gasteiger partial charge in [-0.25, -0.2) is 0 Å². The Morgan fingerprint density at radius 3 is 2.56 bits per heavy atom. The van der Waals surface area contributed by atoms with Crippen LogP contribution in [0.15, 0.2) is 0 Å². The number of ether oxygens (including phenoxy) is 2. The molecule has 4 nitrogen and oxygen atoms in total. The molecule has 0 aromatic heterocycles. The molecule has 2 atom stereocenters. The lowest BCUT2D eigenvalue weighted by Crippen LogP contribution is -2.47. The Morgan fingerprint density at radius 1 is 1.17 bits per heavy atom. The Hall–Kier alpha value is -0.450. The molecule has 18 heavy (non-hydrogen) atoms. The van der Waals surface area contributed by atoms with E-state index in [-0.39, 0.29) is 23.2 Å². The van der Waals surface area contributed by atoms with E-state index in [0.29, 0.717) is 6.61 Å². The van der Waals surface area contributed by atoms with Crippen LogP contribution in [0.5, 0.6) is 0 Å². The van der Waals surface area contributed by atoms with E-state index in [1.165, 1.54) is 0 Å². The molecule has 1 spiro atoms. The van der Waals surface area contributed by atoms with Gasteiger partial charge in [0.15, 0.2) is 5.78 Å². The molecule has 3 rings (SSSR count). The van der Waals surface area contributed by atoms with Crippen LogP contribution in [-0.4, -0.2) is 42.4 Å². The highest BCUT2D eigenvalue weighted by molar-refractivity contribution is 5.86. The molecule has 0 radical (unpaired) electrons. The molecule has 3 aliphatic rings. The lowest BCUT2D eigenvalue weighted by atomic mass is 9.78. The maximum atomic E-state index is 12.3. The van der Waals surface area contributed by atoms with Crippen LogP contribution < -0.4 is 0 Å². The summed E-state index contributed by atoms with van der Waals surface area (Å²) in [5.74, 6) is 0.296. The number of carbonyl (C=O) groups excluding carboxylic acids is 1. The first-order valence-electron chi connectivity index (χ1n) is 7.14. The van der Waals surface area contributed by atoms with E-state index in [9.17, 15) is 9.90 Å². The minimum atomic E-state index is -0.718. The Bertz CT molecular complexity index is 312. The van der Waals surface area contributed by atoms with E-state index in [2.05, 4.69) is 0 Å². The first-order chi connectivity index (χ1) is 8.70. The molecule has 4 heteroatoms. The van der Waals surface area contributed by atoms with Crippen LogP contribution in [0.2, 0.25) is 0 Å². The van der Waals surface area contributed by atoms with Gasteiger partial charge < -0.3 is 14.6 Å². The van der Waals surface area contributed by atoms with E-state index < -0.39 is 6.10 Å². The van der Waals surface area contributed by atoms with Crippen molar-refractivity contribution < 1.29 is 19.4 Å². The molecular formula is C14H22O4. The van der Waals surface area contributed by atoms with Crippen molar-refractivity contribution in [3.05, 3.63) is 0 Å². The summed E-state index contributed by atoms with van der Waals surface area (Å²) in [7, 11) is 0. The van der Waals surface area contributed by atoms with Crippen LogP contribution in [0.4, 0.5) is 0 Å². The Labute approximate surface area is 108 Å². The molecule has 1 N–H and O–H groups in total. The average Bonchev–Trinajstić information content (AvgIpc) is 3.22. The molecule has 2 saturated heterocycles. The van der Waals surface area contributed by atoms with Crippen molar-refractivity contribution >= 4 is 5.78 Å². The Kier molecular flexibility index (Phi) is 3.43. The second-order valence-electron chi connectivity index (χ2n) is 6.02. The summed E-state index contributed by atoms with van der Waals surface area (Å²) in [4.78, 5) is 12.3. The molecule has 0 aromatic rings. The van der Waals surface area contributed by atoms with E-state index in [4.69, 9.17) is 9.47 Å². The van der Waals surface area contributed by atoms with Crippen molar-refractivity contribution in [2.45, 2.75) is 50.2 Å². The summed E-state index contributed by atoms with van der Waals surface area (Å²) >= 11 is 0. The SMILES string of the molecule is O=C(C1CCOC2(CCOCC2)C1)C(O)C1CC1. The predicted octanol–water partition coefficient (Wildman–Crippen LogP) is 1.30. The predicted molar refractivity (Wildman–Crippen MR) is 65.2 cm³/mol. The van der Waals surface area contributed by atoms with Crippen LogP contribution in [0.25, 0.3) is 0 Å². The van der Waals surface area contributed by atoms with Gasteiger partial charge in [-0.1, -0.05) is 0 Å². The quantitative estimate of drug-likeness (QED) is 0.825. The largest absolute Gasteiger partial charge is 0.385 e. The second kappa shape index (κ2) is 4.91. The standard InChI is InChI=1S/C14H22O4/c15-12(10-1-2-10)13(16)11-3-6-18-14(9-11)4-7-17-8-5-14/h10-12,15H,1-9H2. The van der Waals surface area contributed by atoms with Crippen molar-refractivity contribution in [3.63, 3.8) is 0 Å². The molecule has 2 heterocycles. The van der Waals surface area contributed by atoms with Gasteiger partial charge in [-0.3, -0.25) is 4.79 Å². The lowest BCUT2D eigenvalue weighted by molar-refractivity contribution is -0.161. The first kappa shape index (κ1) is 12.6. The van der Waals surface area contributed by atoms with Crippen molar-refractivity contribution in [1.29, 1.82) is 0 Å². The minimum absolute atomic E-state index is 0.00699. The molecule has 102 valence electrons. The molecule has 0 amide bonds. The number of aliphatic hydroxyl groups excluding tert-OH is 1. The number of Topliss-reactive ketones (excluding diaryl/α,β-unsaturated/α-hetero) is 1. The Morgan fingerprint density at radius 2 is 1.89 bits per heavy atom. The first-order valence-corrected chi connectivity index (χ1v) is 7.14. The highest BCUT2D eigenvalue weighted by Crippen LogP contribution is 2.40. The minimum Gasteiger partial charge on any atom is -0.385 e. The monoisotopic (exact) mass is 254 g/mol. The van der Waals surface area contributed by atoms with Gasteiger partial charge in [-0.2, -0.15) is 0 Å². The van der Waals surface area contributed by atoms with Gasteiger partial charge in [-0.15, -0.1) is 0 Å². The zero-order chi connectivity index (χ0) is 12.6. The second-order valence-corrected chi connectivity index (χ2v) is 6.02. The maximum Gasteiger partial charge on any atom is 0.164 e. The molecule has 1 aliphatic carbocycles. The van der Waals surface area contributed by atoms with Crippen molar-refractivity contribution in [2.24, 2.45) is 11.8 Å². The highest BCUT2D eigenvalue weighted by Gasteiger charge is 2.44. The van der Waals surface area contributed by atoms with Gasteiger partial charge in [0.2, 0.25) is 0 Å². The van der Waals surface area contributed by atoms with Crippen molar-refractivity contribution in [1.82, 2.24) is 0 Å². The third kappa shape index (κ3) is 2.46. The van der Waals surface area contributed by atoms with Crippen molar-refractivity contribution in [3.8, 4) is 0 Å². The number of aliphatic hydroxyl groups is 1. The molecule has 0 bridgehead atoms. The van der Waals surface area contributed by atoms with Gasteiger partial charge in [0, 0.05) is 25.7 Å². The molecular weight excluding hydrogens is 232 g/mol. The fraction of sp³-hybridized carbons (Fsp3) is 0.929. The molecule has 2 aliphatic heterocycles. The summed E-state index contributed by atoms with van der Waals surface area (Å²) in [5.41, 5.74) is -0.153. The van der Waals surface area contributed by atoms with Gasteiger partial charge >= 0.3 is 0 Å². The smallest absolute Gasteiger partial charge is 0.164 e. The zero-order valence-corrected chi connectivity index (χ0v) is 10.8. The third-order valence-electron chi connectivity index (χ3n) is 4.66. The summed E-state index contributed by atoms with van der Waals surface area (Å²) in [6, 6.07) is 0. The molecule has 1 saturated carbocycles. The summed E-state index contributed by atoms with van der Waals surface area (Å²) < 4.78 is 11.3. The number of ketones is 1. The molecule has 0 aromatic carbocycles. The number of hydrogen-bond donors (Lipinski definition) is 1. The maximum absolute atomic E-state index is 12.3. The fourth-order valence-electron chi connectivity index (χ4n) is 3.25. The van der Waals surface area contributed by atoms with E-state index in [1.54, 1.807) is 0 Å². The van der Waals surface area contributed by atoms with Crippen LogP contribution in [0.3, 0.4) is 0 Å². The van der Waals surface area contributed by atoms with Gasteiger partial charge in [0.05, 0.1) is 5.60 Å². The van der Waals surface area contributed by atoms with Gasteiger partial charge in [0.1, 0.15) is 6.10 Å². The van der Waals surface area contributed by atoms with Gasteiger partial charge in [-0.05, 0) is 44.4 Å². The lowest BCUT2D eigenvalue weighted by Gasteiger charge is -2.43. The average molecular weight is 254 g/mol. The number of carbonyl (C=O) groups is 1. The van der Waals surface area contributed by atoms with E-state index in [1.807, 2.05) is 0 Å². The summed E-state index contributed by atoms with van der Waals surface area (Å²) in [6.45, 7) is 2.10. The van der Waals surface area contributed by atoms with Crippen LogP contribution >= 0.6 is 0 Å². The number of rotatable bonds is 3. The highest BCUT2D eigenvalue weighted by atomic mass is 16.5. The normalized spacial score (nSPS) is 33.3. The van der Waals surface area contributed by atoms with Crippen LogP contribution in [0.1, 0.15) is 38.5 Å². The summed E-state index contributed by atoms with van der Waals surface area (Å²) in [6.07, 6.45) is 4.62. The topological polar surface area (TPSA) is 55.8 Å². The van der Waals surface area contributed by atoms with E-state index >= 15 is 0 Å². The zero-order valence-electron chi connectivity index (χ0n) is 10.8. The van der Waals surface area contributed by atoms with Crippen LogP contribution in [0, 0.1) is 11.8 Å². The molecule has 3 fully saturated rings. The molecule has 2 unspecified atom stereocenters.